The number of aryl methyl sites for hydroxylation is 1. The van der Waals surface area contributed by atoms with Crippen molar-refractivity contribution in [2.24, 2.45) is 5.92 Å². The number of likely N-dealkylation sites (N-methyl/N-ethyl adjacent to an activating group) is 1. The molecule has 0 spiro atoms. The Morgan fingerprint density at radius 2 is 1.92 bits per heavy atom. The Hall–Kier alpha value is -1.39. The molecule has 1 aromatic carbocycles. The molecule has 0 unspecified atom stereocenters. The summed E-state index contributed by atoms with van der Waals surface area (Å²) in [7, 11) is 3.95. The number of fused-ring (bicyclic) bond motifs is 4. The van der Waals surface area contributed by atoms with Gasteiger partial charge in [0.25, 0.3) is 0 Å². The minimum atomic E-state index is 0.306. The normalized spacial score (nSPS) is 24.4. The molecule has 3 saturated heterocycles. The minimum absolute atomic E-state index is 0.306. The second-order valence-electron chi connectivity index (χ2n) is 7.73. The highest BCUT2D eigenvalue weighted by Gasteiger charge is 2.36. The van der Waals surface area contributed by atoms with E-state index in [2.05, 4.69) is 40.1 Å². The standard InChI is InChI=1S/C20H31N3O/c1-21(2)16-20(24)23-14-18-10-11-19(23)15-22(13-18)12-6-9-17-7-4-3-5-8-17/h3-5,7-8,18-19H,6,9-16H2,1-2H3/t18-,19+/m1/s1. The van der Waals surface area contributed by atoms with Crippen molar-refractivity contribution in [2.45, 2.75) is 31.7 Å². The van der Waals surface area contributed by atoms with Crippen molar-refractivity contribution < 1.29 is 4.79 Å². The molecule has 1 aromatic rings. The molecule has 3 aliphatic rings. The van der Waals surface area contributed by atoms with E-state index >= 15 is 0 Å². The van der Waals surface area contributed by atoms with Gasteiger partial charge in [-0.3, -0.25) is 4.79 Å². The van der Waals surface area contributed by atoms with E-state index < -0.39 is 0 Å². The Balaban J connectivity index is 1.52. The third kappa shape index (κ3) is 4.58. The maximum atomic E-state index is 12.5. The van der Waals surface area contributed by atoms with Gasteiger partial charge in [0.15, 0.2) is 0 Å². The summed E-state index contributed by atoms with van der Waals surface area (Å²) in [6, 6.07) is 11.2. The maximum Gasteiger partial charge on any atom is 0.237 e. The summed E-state index contributed by atoms with van der Waals surface area (Å²) in [5, 5.41) is 0. The van der Waals surface area contributed by atoms with Gasteiger partial charge in [0.2, 0.25) is 5.91 Å². The van der Waals surface area contributed by atoms with E-state index in [9.17, 15) is 4.79 Å². The average molecular weight is 329 g/mol. The molecule has 2 bridgehead atoms. The summed E-state index contributed by atoms with van der Waals surface area (Å²) in [5.41, 5.74) is 1.43. The molecule has 0 radical (unpaired) electrons. The number of hydrogen-bond donors (Lipinski definition) is 0. The number of nitrogens with zero attached hydrogens (tertiary/aromatic N) is 3. The fraction of sp³-hybridized carbons (Fsp3) is 0.650. The van der Waals surface area contributed by atoms with Crippen molar-refractivity contribution in [2.75, 3.05) is 46.8 Å². The van der Waals surface area contributed by atoms with Crippen LogP contribution >= 0.6 is 0 Å². The lowest BCUT2D eigenvalue weighted by Gasteiger charge is -2.36. The Bertz CT molecular complexity index is 531. The molecular weight excluding hydrogens is 298 g/mol. The van der Waals surface area contributed by atoms with Crippen LogP contribution in [0.3, 0.4) is 0 Å². The van der Waals surface area contributed by atoms with E-state index in [4.69, 9.17) is 0 Å². The van der Waals surface area contributed by atoms with Gasteiger partial charge in [-0.15, -0.1) is 0 Å². The van der Waals surface area contributed by atoms with Crippen LogP contribution in [0.25, 0.3) is 0 Å². The van der Waals surface area contributed by atoms with Crippen LogP contribution < -0.4 is 0 Å². The van der Waals surface area contributed by atoms with E-state index in [1.807, 2.05) is 19.0 Å². The molecule has 132 valence electrons. The summed E-state index contributed by atoms with van der Waals surface area (Å²) in [6.07, 6.45) is 4.82. The molecule has 0 aromatic heterocycles. The van der Waals surface area contributed by atoms with E-state index in [0.29, 0.717) is 24.4 Å². The molecule has 2 atom stereocenters. The summed E-state index contributed by atoms with van der Waals surface area (Å²) in [5.74, 6) is 0.965. The van der Waals surface area contributed by atoms with E-state index in [1.165, 1.54) is 24.8 Å². The van der Waals surface area contributed by atoms with Gasteiger partial charge in [-0.2, -0.15) is 0 Å². The predicted octanol–water partition coefficient (Wildman–Crippen LogP) is 2.10. The zero-order chi connectivity index (χ0) is 16.9. The van der Waals surface area contributed by atoms with Crippen molar-refractivity contribution in [1.29, 1.82) is 0 Å². The first kappa shape index (κ1) is 17.4. The zero-order valence-corrected chi connectivity index (χ0v) is 15.2. The summed E-state index contributed by atoms with van der Waals surface area (Å²) < 4.78 is 0. The first-order valence-electron chi connectivity index (χ1n) is 9.32. The number of amides is 1. The molecular formula is C20H31N3O. The van der Waals surface area contributed by atoms with Crippen LogP contribution in [-0.2, 0) is 11.2 Å². The molecule has 4 rings (SSSR count). The second kappa shape index (κ2) is 8.13. The first-order valence-corrected chi connectivity index (χ1v) is 9.32. The number of carbonyl (C=O) groups is 1. The van der Waals surface area contributed by atoms with Crippen LogP contribution in [0.5, 0.6) is 0 Å². The third-order valence-electron chi connectivity index (χ3n) is 5.34. The molecule has 4 nitrogen and oxygen atoms in total. The molecule has 3 heterocycles. The molecule has 0 aliphatic carbocycles. The molecule has 24 heavy (non-hydrogen) atoms. The third-order valence-corrected chi connectivity index (χ3v) is 5.34. The quantitative estimate of drug-likeness (QED) is 0.800. The zero-order valence-electron chi connectivity index (χ0n) is 15.2. The van der Waals surface area contributed by atoms with E-state index in [-0.39, 0.29) is 0 Å². The Labute approximate surface area is 146 Å². The van der Waals surface area contributed by atoms with Crippen LogP contribution in [-0.4, -0.2) is 73.5 Å². The second-order valence-corrected chi connectivity index (χ2v) is 7.73. The molecule has 1 amide bonds. The molecule has 0 N–H and O–H groups in total. The van der Waals surface area contributed by atoms with Crippen molar-refractivity contribution in [3.8, 4) is 0 Å². The Morgan fingerprint density at radius 3 is 2.67 bits per heavy atom. The maximum absolute atomic E-state index is 12.5. The summed E-state index contributed by atoms with van der Waals surface area (Å²) in [4.78, 5) is 19.3. The van der Waals surface area contributed by atoms with Gasteiger partial charge in [0, 0.05) is 25.7 Å². The van der Waals surface area contributed by atoms with Crippen molar-refractivity contribution in [3.05, 3.63) is 35.9 Å². The molecule has 0 saturated carbocycles. The number of rotatable bonds is 6. The largest absolute Gasteiger partial charge is 0.337 e. The Kier molecular flexibility index (Phi) is 5.90. The van der Waals surface area contributed by atoms with E-state index in [0.717, 1.165) is 32.6 Å². The van der Waals surface area contributed by atoms with Gasteiger partial charge in [-0.05, 0) is 57.8 Å². The van der Waals surface area contributed by atoms with Crippen LogP contribution in [0.2, 0.25) is 0 Å². The molecule has 3 aliphatic heterocycles. The lowest BCUT2D eigenvalue weighted by molar-refractivity contribution is -0.135. The number of piperidine rings is 1. The van der Waals surface area contributed by atoms with Gasteiger partial charge in [0.1, 0.15) is 0 Å². The van der Waals surface area contributed by atoms with Crippen LogP contribution in [0.15, 0.2) is 30.3 Å². The lowest BCUT2D eigenvalue weighted by atomic mass is 9.95. The van der Waals surface area contributed by atoms with Gasteiger partial charge in [-0.1, -0.05) is 30.3 Å². The van der Waals surface area contributed by atoms with Crippen LogP contribution in [0, 0.1) is 5.92 Å². The van der Waals surface area contributed by atoms with Crippen molar-refractivity contribution in [3.63, 3.8) is 0 Å². The highest BCUT2D eigenvalue weighted by molar-refractivity contribution is 5.78. The topological polar surface area (TPSA) is 26.8 Å². The molecule has 3 fully saturated rings. The Morgan fingerprint density at radius 1 is 1.12 bits per heavy atom. The number of benzene rings is 1. The van der Waals surface area contributed by atoms with Gasteiger partial charge >= 0.3 is 0 Å². The smallest absolute Gasteiger partial charge is 0.237 e. The van der Waals surface area contributed by atoms with Crippen molar-refractivity contribution >= 4 is 5.91 Å². The fourth-order valence-electron chi connectivity index (χ4n) is 4.18. The lowest BCUT2D eigenvalue weighted by Crippen LogP contribution is -2.50. The highest BCUT2D eigenvalue weighted by Crippen LogP contribution is 2.28. The van der Waals surface area contributed by atoms with Gasteiger partial charge in [0.05, 0.1) is 6.54 Å². The van der Waals surface area contributed by atoms with Gasteiger partial charge < -0.3 is 14.7 Å². The van der Waals surface area contributed by atoms with Crippen LogP contribution in [0.1, 0.15) is 24.8 Å². The summed E-state index contributed by atoms with van der Waals surface area (Å²) >= 11 is 0. The van der Waals surface area contributed by atoms with Crippen molar-refractivity contribution in [1.82, 2.24) is 14.7 Å². The SMILES string of the molecule is CN(C)CC(=O)N1C[C@@H]2CC[C@H]1CN(CCCc1ccccc1)C2. The fourth-order valence-corrected chi connectivity index (χ4v) is 4.18. The van der Waals surface area contributed by atoms with Gasteiger partial charge in [-0.25, -0.2) is 0 Å². The first-order chi connectivity index (χ1) is 11.6. The predicted molar refractivity (Wildman–Crippen MR) is 98.0 cm³/mol. The average Bonchev–Trinajstić information content (AvgIpc) is 2.86. The number of hydrogen-bond acceptors (Lipinski definition) is 3. The van der Waals surface area contributed by atoms with Crippen LogP contribution in [0.4, 0.5) is 0 Å². The summed E-state index contributed by atoms with van der Waals surface area (Å²) in [6.45, 7) is 4.88. The highest BCUT2D eigenvalue weighted by atomic mass is 16.2. The molecule has 4 heteroatoms. The number of carbonyl (C=O) groups excluding carboxylic acids is 1. The minimum Gasteiger partial charge on any atom is -0.337 e. The van der Waals surface area contributed by atoms with E-state index in [1.54, 1.807) is 0 Å². The monoisotopic (exact) mass is 329 g/mol.